The molecule has 1 N–H and O–H groups in total. The second kappa shape index (κ2) is 8.27. The van der Waals surface area contributed by atoms with E-state index in [9.17, 15) is 14.3 Å². The van der Waals surface area contributed by atoms with Crippen molar-refractivity contribution >= 4 is 38.4 Å². The summed E-state index contributed by atoms with van der Waals surface area (Å²) in [7, 11) is 0. The van der Waals surface area contributed by atoms with Crippen LogP contribution < -0.4 is 0 Å². The van der Waals surface area contributed by atoms with Gasteiger partial charge in [0.25, 0.3) is 5.91 Å². The Balaban J connectivity index is 1.49. The fraction of sp³-hybridized carbons (Fsp3) is 0.423. The summed E-state index contributed by atoms with van der Waals surface area (Å²) >= 11 is 3.49. The Morgan fingerprint density at radius 2 is 1.91 bits per heavy atom. The van der Waals surface area contributed by atoms with Crippen LogP contribution in [-0.4, -0.2) is 33.1 Å². The molecule has 1 aromatic heterocycles. The molecule has 3 aromatic rings. The van der Waals surface area contributed by atoms with Crippen LogP contribution in [-0.2, 0) is 6.67 Å². The number of aromatic nitrogens is 1. The molecule has 2 bridgehead atoms. The van der Waals surface area contributed by atoms with Gasteiger partial charge in [-0.3, -0.25) is 14.3 Å². The molecular weight excluding hydrogens is 499 g/mol. The zero-order valence-corrected chi connectivity index (χ0v) is 21.1. The normalized spacial score (nSPS) is 24.3. The Kier molecular flexibility index (Phi) is 5.64. The van der Waals surface area contributed by atoms with Crippen molar-refractivity contribution in [2.24, 2.45) is 21.1 Å². The summed E-state index contributed by atoms with van der Waals surface area (Å²) < 4.78 is 15.9. The highest BCUT2D eigenvalue weighted by atomic mass is 79.9. The van der Waals surface area contributed by atoms with Gasteiger partial charge in [0.15, 0.2) is 5.69 Å². The third-order valence-corrected chi connectivity index (χ3v) is 7.64. The molecule has 0 spiro atoms. The minimum absolute atomic E-state index is 0.0189. The number of rotatable bonds is 4. The number of carbonyl (C=O) groups is 1. The molecule has 0 radical (unpaired) electrons. The maximum absolute atomic E-state index is 13.2. The summed E-state index contributed by atoms with van der Waals surface area (Å²) in [6, 6.07) is 11.3. The zero-order chi connectivity index (χ0) is 24.3. The first-order valence-corrected chi connectivity index (χ1v) is 12.3. The summed E-state index contributed by atoms with van der Waals surface area (Å²) in [5.74, 6) is -1.05. The van der Waals surface area contributed by atoms with E-state index in [2.05, 4.69) is 51.8 Å². The second-order valence-corrected chi connectivity index (χ2v) is 11.8. The van der Waals surface area contributed by atoms with Crippen molar-refractivity contribution < 1.29 is 14.3 Å². The second-order valence-electron chi connectivity index (χ2n) is 10.9. The van der Waals surface area contributed by atoms with Crippen molar-refractivity contribution in [2.45, 2.75) is 52.7 Å². The highest BCUT2D eigenvalue weighted by Crippen LogP contribution is 2.53. The first-order chi connectivity index (χ1) is 16.0. The van der Waals surface area contributed by atoms with E-state index in [1.165, 1.54) is 37.1 Å². The number of amides is 1. The Morgan fingerprint density at radius 1 is 1.18 bits per heavy atom. The molecule has 2 aromatic carbocycles. The monoisotopic (exact) mass is 526 g/mol. The van der Waals surface area contributed by atoms with Gasteiger partial charge in [0.05, 0.1) is 12.2 Å². The molecule has 2 unspecified atom stereocenters. The highest BCUT2D eigenvalue weighted by molar-refractivity contribution is 9.10. The smallest absolute Gasteiger partial charge is 0.295 e. The summed E-state index contributed by atoms with van der Waals surface area (Å²) in [5.41, 5.74) is 1.89. The molecule has 6 nitrogen and oxygen atoms in total. The van der Waals surface area contributed by atoms with Crippen LogP contribution in [0.25, 0.3) is 10.9 Å². The van der Waals surface area contributed by atoms with E-state index in [0.717, 1.165) is 23.0 Å². The van der Waals surface area contributed by atoms with Crippen LogP contribution in [0.1, 0.15) is 50.4 Å². The lowest BCUT2D eigenvalue weighted by Gasteiger charge is -2.40. The maximum atomic E-state index is 13.2. The van der Waals surface area contributed by atoms with Gasteiger partial charge in [-0.1, -0.05) is 36.7 Å². The van der Waals surface area contributed by atoms with Gasteiger partial charge in [-0.25, -0.2) is 4.39 Å². The topological polar surface area (TPSA) is 70.2 Å². The van der Waals surface area contributed by atoms with Crippen molar-refractivity contribution in [1.29, 1.82) is 0 Å². The van der Waals surface area contributed by atoms with Crippen LogP contribution in [0.5, 0.6) is 5.88 Å². The van der Waals surface area contributed by atoms with Gasteiger partial charge < -0.3 is 5.11 Å². The van der Waals surface area contributed by atoms with E-state index in [0.29, 0.717) is 23.5 Å². The zero-order valence-electron chi connectivity index (χ0n) is 19.6. The van der Waals surface area contributed by atoms with E-state index in [4.69, 9.17) is 0 Å². The van der Waals surface area contributed by atoms with Crippen LogP contribution in [0.2, 0.25) is 0 Å². The van der Waals surface area contributed by atoms with Gasteiger partial charge in [-0.15, -0.1) is 10.2 Å². The number of benzene rings is 2. The molecule has 2 aliphatic rings. The van der Waals surface area contributed by atoms with Gasteiger partial charge in [-0.2, -0.15) is 0 Å². The SMILES string of the molecule is CC1(C)CC2CC(C)(CN2Cn2c(O)c(N=NC(=O)c3ccc(F)cc3)c3cc(Br)ccc32)C1. The lowest BCUT2D eigenvalue weighted by Crippen LogP contribution is -2.35. The standard InChI is InChI=1S/C26H28BrFN4O2/c1-25(2)11-19-12-26(3,13-25)14-31(19)15-32-21-9-6-17(27)10-20(21)22(24(32)34)29-30-23(33)16-4-7-18(28)8-5-16/h4-10,19,34H,11-15H2,1-3H3. The van der Waals surface area contributed by atoms with Gasteiger partial charge in [0.1, 0.15) is 5.82 Å². The molecule has 178 valence electrons. The minimum Gasteiger partial charge on any atom is -0.493 e. The van der Waals surface area contributed by atoms with E-state index >= 15 is 0 Å². The number of aromatic hydroxyl groups is 1. The Labute approximate surface area is 206 Å². The van der Waals surface area contributed by atoms with Crippen molar-refractivity contribution in [3.05, 3.63) is 58.3 Å². The molecule has 2 fully saturated rings. The number of halogens is 2. The predicted molar refractivity (Wildman–Crippen MR) is 133 cm³/mol. The van der Waals surface area contributed by atoms with Crippen LogP contribution in [0, 0.1) is 16.6 Å². The number of nitrogens with zero attached hydrogens (tertiary/aromatic N) is 4. The van der Waals surface area contributed by atoms with Crippen molar-refractivity contribution in [3.8, 4) is 5.88 Å². The number of hydrogen-bond donors (Lipinski definition) is 1. The van der Waals surface area contributed by atoms with Gasteiger partial charge in [0.2, 0.25) is 5.88 Å². The van der Waals surface area contributed by atoms with Crippen molar-refractivity contribution in [3.63, 3.8) is 0 Å². The molecule has 1 aliphatic carbocycles. The Bertz CT molecular complexity index is 1300. The fourth-order valence-electron chi connectivity index (χ4n) is 6.21. The van der Waals surface area contributed by atoms with Gasteiger partial charge in [0, 0.05) is 28.0 Å². The number of carbonyl (C=O) groups excluding carboxylic acids is 1. The van der Waals surface area contributed by atoms with Crippen LogP contribution in [0.3, 0.4) is 0 Å². The van der Waals surface area contributed by atoms with Gasteiger partial charge >= 0.3 is 0 Å². The third kappa shape index (κ3) is 4.29. The molecule has 1 aliphatic heterocycles. The minimum atomic E-state index is -0.598. The van der Waals surface area contributed by atoms with Crippen molar-refractivity contribution in [1.82, 2.24) is 9.47 Å². The summed E-state index contributed by atoms with van der Waals surface area (Å²) in [5, 5.41) is 19.9. The number of azo groups is 1. The molecule has 8 heteroatoms. The average Bonchev–Trinajstić information content (AvgIpc) is 3.15. The molecule has 34 heavy (non-hydrogen) atoms. The highest BCUT2D eigenvalue weighted by Gasteiger charge is 2.49. The Hall–Kier alpha value is -2.58. The van der Waals surface area contributed by atoms with E-state index in [-0.39, 0.29) is 22.5 Å². The number of fused-ring (bicyclic) bond motifs is 3. The maximum Gasteiger partial charge on any atom is 0.295 e. The first-order valence-electron chi connectivity index (χ1n) is 11.5. The van der Waals surface area contributed by atoms with E-state index in [1.54, 1.807) is 0 Å². The molecule has 2 atom stereocenters. The fourth-order valence-corrected chi connectivity index (χ4v) is 6.57. The van der Waals surface area contributed by atoms with E-state index < -0.39 is 11.7 Å². The lowest BCUT2D eigenvalue weighted by atomic mass is 9.65. The number of hydrogen-bond acceptors (Lipinski definition) is 4. The van der Waals surface area contributed by atoms with Crippen LogP contribution >= 0.6 is 15.9 Å². The van der Waals surface area contributed by atoms with Crippen molar-refractivity contribution in [2.75, 3.05) is 6.54 Å². The summed E-state index contributed by atoms with van der Waals surface area (Å²) in [6.45, 7) is 8.58. The van der Waals surface area contributed by atoms with E-state index in [1.807, 2.05) is 22.8 Å². The molecule has 1 amide bonds. The molecule has 1 saturated carbocycles. The largest absolute Gasteiger partial charge is 0.493 e. The summed E-state index contributed by atoms with van der Waals surface area (Å²) in [6.07, 6.45) is 3.50. The predicted octanol–water partition coefficient (Wildman–Crippen LogP) is 7.03. The van der Waals surface area contributed by atoms with Crippen LogP contribution in [0.4, 0.5) is 10.1 Å². The van der Waals surface area contributed by atoms with Gasteiger partial charge in [-0.05, 0) is 72.6 Å². The molecule has 2 heterocycles. The molecule has 5 rings (SSSR count). The van der Waals surface area contributed by atoms with Crippen LogP contribution in [0.15, 0.2) is 57.2 Å². The quantitative estimate of drug-likeness (QED) is 0.371. The molecular formula is C26H28BrFN4O2. The third-order valence-electron chi connectivity index (χ3n) is 7.15. The first kappa shape index (κ1) is 23.2. The number of likely N-dealkylation sites (tertiary alicyclic amines) is 1. The average molecular weight is 527 g/mol. The Morgan fingerprint density at radius 3 is 2.65 bits per heavy atom. The molecule has 1 saturated heterocycles. The lowest BCUT2D eigenvalue weighted by molar-refractivity contribution is 0.0995. The summed E-state index contributed by atoms with van der Waals surface area (Å²) in [4.78, 5) is 14.9.